The molecule has 3 N–H and O–H groups in total. The second-order valence-corrected chi connectivity index (χ2v) is 9.59. The number of ether oxygens (including phenoxy) is 1. The molecule has 1 heterocycles. The van der Waals surface area contributed by atoms with Gasteiger partial charge in [0.1, 0.15) is 24.0 Å². The fraction of sp³-hybridized carbons (Fsp3) is 0.500. The molecular weight excluding hydrogens is 518 g/mol. The number of carbonyl (C=O) groups excluding carboxylic acids is 3. The topological polar surface area (TPSA) is 99.8 Å². The van der Waals surface area contributed by atoms with Gasteiger partial charge in [-0.2, -0.15) is 0 Å². The van der Waals surface area contributed by atoms with Crippen LogP contribution in [0.2, 0.25) is 0 Å². The number of rotatable bonds is 1. The van der Waals surface area contributed by atoms with Gasteiger partial charge in [-0.1, -0.05) is 37.6 Å². The lowest BCUT2D eigenvalue weighted by molar-refractivity contribution is -0.137. The van der Waals surface area contributed by atoms with Gasteiger partial charge in [0, 0.05) is 26.2 Å². The minimum absolute atomic E-state index is 0.111. The van der Waals surface area contributed by atoms with Crippen molar-refractivity contribution in [3.63, 3.8) is 0 Å². The molecule has 1 aliphatic heterocycles. The normalized spacial score (nSPS) is 19.1. The second kappa shape index (κ2) is 17.2. The first kappa shape index (κ1) is 32.7. The van der Waals surface area contributed by atoms with E-state index in [4.69, 9.17) is 4.74 Å². The number of hydrogen-bond acceptors (Lipinski definition) is 5. The Morgan fingerprint density at radius 3 is 2.23 bits per heavy atom. The molecule has 1 fully saturated rings. The van der Waals surface area contributed by atoms with Crippen molar-refractivity contribution in [1.29, 1.82) is 0 Å². The van der Waals surface area contributed by atoms with Crippen LogP contribution >= 0.6 is 0 Å². The minimum Gasteiger partial charge on any atom is -0.492 e. The average molecular weight is 561 g/mol. The van der Waals surface area contributed by atoms with E-state index in [0.717, 1.165) is 24.0 Å². The Balaban J connectivity index is 0.000000475. The first-order chi connectivity index (χ1) is 19.2. The smallest absolute Gasteiger partial charge is 0.240 e. The minimum atomic E-state index is -0.388. The molecule has 220 valence electrons. The fourth-order valence-corrected chi connectivity index (χ4v) is 4.00. The van der Waals surface area contributed by atoms with Gasteiger partial charge in [-0.3, -0.25) is 14.4 Å². The van der Waals surface area contributed by atoms with Crippen molar-refractivity contribution in [1.82, 2.24) is 20.9 Å². The summed E-state index contributed by atoms with van der Waals surface area (Å²) in [5, 5.41) is 8.51. The molecule has 2 aliphatic rings. The number of nitrogens with one attached hydrogen (secondary N) is 3. The summed E-state index contributed by atoms with van der Waals surface area (Å²) < 4.78 is 31.5. The van der Waals surface area contributed by atoms with Crippen LogP contribution in [0.1, 0.15) is 44.2 Å². The molecule has 1 atom stereocenters. The molecule has 10 heteroatoms. The van der Waals surface area contributed by atoms with Crippen molar-refractivity contribution in [3.8, 4) is 5.75 Å². The predicted octanol–water partition coefficient (Wildman–Crippen LogP) is 3.37. The molecular formula is C30H42F2N4O4. The molecule has 0 aromatic heterocycles. The molecule has 0 bridgehead atoms. The van der Waals surface area contributed by atoms with Gasteiger partial charge in [-0.15, -0.1) is 0 Å². The molecule has 1 saturated carbocycles. The third-order valence-corrected chi connectivity index (χ3v) is 6.27. The summed E-state index contributed by atoms with van der Waals surface area (Å²) in [6, 6.07) is 10.4. The molecule has 1 aliphatic carbocycles. The van der Waals surface area contributed by atoms with Gasteiger partial charge in [0.2, 0.25) is 17.7 Å². The highest BCUT2D eigenvalue weighted by atomic mass is 19.1. The lowest BCUT2D eigenvalue weighted by Crippen LogP contribution is -2.50. The Labute approximate surface area is 235 Å². The standard InChI is InChI=1S/C21H29FN4O4.C7H7F.C2H6/c1-26-13-19(28)25-12-18(27)23-8-2-3-14-6-7-16(22)11-17(14)30-10-9-24-20(21(26)29)15-4-5-15;1-6-2-4-7(8)5-3-6;1-2/h6-7,11,15,20,24H,2-5,8-10,12-13H2,1H3,(H,23,27)(H,25,28);2-5H,1H3;1-2H3. The van der Waals surface area contributed by atoms with Crippen LogP contribution < -0.4 is 20.7 Å². The Bertz CT molecular complexity index is 1070. The SMILES string of the molecule is CC.CN1CC(=O)NCC(=O)NCCCc2ccc(F)cc2OCCNC(C2CC2)C1=O.Cc1ccc(F)cc1. The molecule has 0 radical (unpaired) electrons. The fourth-order valence-electron chi connectivity index (χ4n) is 4.00. The Kier molecular flexibility index (Phi) is 14.1. The van der Waals surface area contributed by atoms with E-state index < -0.39 is 0 Å². The highest BCUT2D eigenvalue weighted by Gasteiger charge is 2.37. The van der Waals surface area contributed by atoms with E-state index >= 15 is 0 Å². The summed E-state index contributed by atoms with van der Waals surface area (Å²) in [5.41, 5.74) is 1.95. The number of carbonyl (C=O) groups is 3. The summed E-state index contributed by atoms with van der Waals surface area (Å²) >= 11 is 0. The van der Waals surface area contributed by atoms with Crippen LogP contribution in [0.3, 0.4) is 0 Å². The van der Waals surface area contributed by atoms with Crippen LogP contribution in [-0.4, -0.2) is 68.5 Å². The third kappa shape index (κ3) is 11.7. The lowest BCUT2D eigenvalue weighted by Gasteiger charge is -2.24. The van der Waals surface area contributed by atoms with Gasteiger partial charge in [-0.25, -0.2) is 8.78 Å². The number of halogens is 2. The zero-order valence-corrected chi connectivity index (χ0v) is 23.9. The molecule has 0 spiro atoms. The molecule has 1 unspecified atom stereocenters. The molecule has 8 nitrogen and oxygen atoms in total. The van der Waals surface area contributed by atoms with Crippen LogP contribution in [0.4, 0.5) is 8.78 Å². The van der Waals surface area contributed by atoms with Crippen molar-refractivity contribution in [2.45, 2.75) is 52.5 Å². The van der Waals surface area contributed by atoms with E-state index in [2.05, 4.69) is 16.0 Å². The van der Waals surface area contributed by atoms with Gasteiger partial charge in [0.15, 0.2) is 0 Å². The summed E-state index contributed by atoms with van der Waals surface area (Å²) in [5.74, 6) is -0.671. The van der Waals surface area contributed by atoms with Crippen molar-refractivity contribution in [2.75, 3.05) is 39.8 Å². The number of fused-ring (bicyclic) bond motifs is 1. The van der Waals surface area contributed by atoms with Crippen molar-refractivity contribution in [2.24, 2.45) is 5.92 Å². The maximum atomic E-state index is 13.7. The molecule has 2 aromatic rings. The molecule has 4 rings (SSSR count). The molecule has 0 saturated heterocycles. The van der Waals surface area contributed by atoms with E-state index in [1.807, 2.05) is 20.8 Å². The largest absolute Gasteiger partial charge is 0.492 e. The van der Waals surface area contributed by atoms with Gasteiger partial charge >= 0.3 is 0 Å². The van der Waals surface area contributed by atoms with Crippen molar-refractivity contribution in [3.05, 3.63) is 65.2 Å². The van der Waals surface area contributed by atoms with Gasteiger partial charge in [0.05, 0.1) is 19.1 Å². The van der Waals surface area contributed by atoms with E-state index in [9.17, 15) is 23.2 Å². The Morgan fingerprint density at radius 1 is 0.900 bits per heavy atom. The third-order valence-electron chi connectivity index (χ3n) is 6.27. The first-order valence-electron chi connectivity index (χ1n) is 13.9. The van der Waals surface area contributed by atoms with Crippen LogP contribution in [0.25, 0.3) is 0 Å². The zero-order valence-electron chi connectivity index (χ0n) is 23.9. The zero-order chi connectivity index (χ0) is 29.5. The number of amides is 3. The summed E-state index contributed by atoms with van der Waals surface area (Å²) in [7, 11) is 1.58. The summed E-state index contributed by atoms with van der Waals surface area (Å²) in [6.45, 7) is 6.82. The van der Waals surface area contributed by atoms with Crippen LogP contribution in [0.15, 0.2) is 42.5 Å². The maximum absolute atomic E-state index is 13.7. The summed E-state index contributed by atoms with van der Waals surface area (Å²) in [4.78, 5) is 38.2. The number of benzene rings is 2. The van der Waals surface area contributed by atoms with E-state index in [0.29, 0.717) is 31.7 Å². The first-order valence-corrected chi connectivity index (χ1v) is 13.9. The Hall–Kier alpha value is -3.53. The van der Waals surface area contributed by atoms with Gasteiger partial charge in [-0.05, 0) is 62.3 Å². The average Bonchev–Trinajstić information content (AvgIpc) is 3.78. The monoisotopic (exact) mass is 560 g/mol. The maximum Gasteiger partial charge on any atom is 0.240 e. The van der Waals surface area contributed by atoms with Gasteiger partial charge in [0.25, 0.3) is 0 Å². The van der Waals surface area contributed by atoms with Crippen LogP contribution in [0.5, 0.6) is 5.75 Å². The van der Waals surface area contributed by atoms with E-state index in [1.54, 1.807) is 25.2 Å². The van der Waals surface area contributed by atoms with Crippen LogP contribution in [-0.2, 0) is 20.8 Å². The predicted molar refractivity (Wildman–Crippen MR) is 151 cm³/mol. The quantitative estimate of drug-likeness (QED) is 0.497. The number of likely N-dealkylation sites (N-methyl/N-ethyl adjacent to an activating group) is 1. The van der Waals surface area contributed by atoms with E-state index in [1.165, 1.54) is 29.2 Å². The second-order valence-electron chi connectivity index (χ2n) is 9.59. The van der Waals surface area contributed by atoms with Crippen molar-refractivity contribution < 1.29 is 27.9 Å². The van der Waals surface area contributed by atoms with Crippen LogP contribution in [0, 0.1) is 24.5 Å². The number of nitrogens with zero attached hydrogens (tertiary/aromatic N) is 1. The summed E-state index contributed by atoms with van der Waals surface area (Å²) in [6.07, 6.45) is 3.18. The number of hydrogen-bond donors (Lipinski definition) is 3. The molecule has 3 amide bonds. The highest BCUT2D eigenvalue weighted by molar-refractivity contribution is 5.89. The Morgan fingerprint density at radius 2 is 1.57 bits per heavy atom. The van der Waals surface area contributed by atoms with E-state index in [-0.39, 0.29) is 61.0 Å². The van der Waals surface area contributed by atoms with Crippen molar-refractivity contribution >= 4 is 17.7 Å². The molecule has 2 aromatic carbocycles. The molecule has 40 heavy (non-hydrogen) atoms. The lowest BCUT2D eigenvalue weighted by atomic mass is 10.1. The highest BCUT2D eigenvalue weighted by Crippen LogP contribution is 2.33. The van der Waals surface area contributed by atoms with Gasteiger partial charge < -0.3 is 25.6 Å². The number of aryl methyl sites for hydroxylation is 2.